The molecule has 0 fully saturated rings. The summed E-state index contributed by atoms with van der Waals surface area (Å²) in [6.45, 7) is 2.18. The molecule has 0 radical (unpaired) electrons. The van der Waals surface area contributed by atoms with Crippen molar-refractivity contribution < 1.29 is 19.2 Å². The summed E-state index contributed by atoms with van der Waals surface area (Å²) >= 11 is 0. The van der Waals surface area contributed by atoms with Crippen molar-refractivity contribution >= 4 is 23.2 Å². The van der Waals surface area contributed by atoms with Crippen LogP contribution in [0.5, 0.6) is 11.5 Å². The number of nitrogens with zero attached hydrogens (tertiary/aromatic N) is 3. The SMILES string of the molecule is CCC1Oc2ccc([N+](=O)[O-])nc2N(CCOc2cccc(N)c2)C1=O. The molecule has 3 rings (SSSR count). The second kappa shape index (κ2) is 7.26. The second-order valence-electron chi connectivity index (χ2n) is 5.67. The smallest absolute Gasteiger partial charge is 0.366 e. The van der Waals surface area contributed by atoms with Crippen LogP contribution in [0.1, 0.15) is 13.3 Å². The van der Waals surface area contributed by atoms with E-state index < -0.39 is 11.0 Å². The Labute approximate surface area is 149 Å². The Balaban J connectivity index is 1.81. The fourth-order valence-electron chi connectivity index (χ4n) is 2.63. The number of nitrogen functional groups attached to an aromatic ring is 1. The van der Waals surface area contributed by atoms with E-state index in [4.69, 9.17) is 15.2 Å². The zero-order chi connectivity index (χ0) is 18.7. The number of hydrogen-bond acceptors (Lipinski definition) is 7. The Morgan fingerprint density at radius 1 is 1.38 bits per heavy atom. The van der Waals surface area contributed by atoms with Crippen molar-refractivity contribution in [2.45, 2.75) is 19.4 Å². The van der Waals surface area contributed by atoms with Gasteiger partial charge < -0.3 is 25.3 Å². The van der Waals surface area contributed by atoms with Crippen molar-refractivity contribution in [2.24, 2.45) is 0 Å². The van der Waals surface area contributed by atoms with Gasteiger partial charge in [-0.15, -0.1) is 0 Å². The maximum Gasteiger partial charge on any atom is 0.366 e. The number of aromatic nitrogens is 1. The van der Waals surface area contributed by atoms with Crippen molar-refractivity contribution in [1.82, 2.24) is 4.98 Å². The molecule has 2 N–H and O–H groups in total. The normalized spacial score (nSPS) is 16.0. The van der Waals surface area contributed by atoms with E-state index in [1.165, 1.54) is 17.0 Å². The van der Waals surface area contributed by atoms with Crippen LogP contribution in [0.15, 0.2) is 36.4 Å². The highest BCUT2D eigenvalue weighted by Gasteiger charge is 2.37. The highest BCUT2D eigenvalue weighted by molar-refractivity contribution is 5.99. The molecule has 2 heterocycles. The first-order valence-electron chi connectivity index (χ1n) is 8.11. The number of benzene rings is 1. The molecule has 2 aromatic rings. The molecule has 1 aliphatic rings. The van der Waals surface area contributed by atoms with E-state index in [9.17, 15) is 14.9 Å². The van der Waals surface area contributed by atoms with Gasteiger partial charge in [0.25, 0.3) is 11.7 Å². The van der Waals surface area contributed by atoms with E-state index in [0.29, 0.717) is 23.6 Å². The van der Waals surface area contributed by atoms with Gasteiger partial charge in [-0.05, 0) is 34.5 Å². The van der Waals surface area contributed by atoms with Gasteiger partial charge in [0.15, 0.2) is 11.9 Å². The number of carbonyl (C=O) groups is 1. The molecule has 0 saturated carbocycles. The zero-order valence-corrected chi connectivity index (χ0v) is 14.1. The van der Waals surface area contributed by atoms with Crippen LogP contribution < -0.4 is 20.1 Å². The lowest BCUT2D eigenvalue weighted by Gasteiger charge is -2.30. The summed E-state index contributed by atoms with van der Waals surface area (Å²) in [5, 5.41) is 11.0. The number of nitro groups is 1. The van der Waals surface area contributed by atoms with Crippen LogP contribution in [0, 0.1) is 10.1 Å². The number of nitrogens with two attached hydrogens (primary N) is 1. The molecular formula is C17H18N4O5. The van der Waals surface area contributed by atoms with Gasteiger partial charge in [-0.1, -0.05) is 13.0 Å². The van der Waals surface area contributed by atoms with Crippen LogP contribution in [0.25, 0.3) is 0 Å². The minimum atomic E-state index is -0.655. The minimum Gasteiger partial charge on any atom is -0.492 e. The average Bonchev–Trinajstić information content (AvgIpc) is 2.62. The number of rotatable bonds is 6. The Hall–Kier alpha value is -3.36. The zero-order valence-electron chi connectivity index (χ0n) is 14.1. The molecule has 1 unspecified atom stereocenters. The second-order valence-corrected chi connectivity index (χ2v) is 5.67. The Bertz CT molecular complexity index is 842. The monoisotopic (exact) mass is 358 g/mol. The third kappa shape index (κ3) is 3.51. The van der Waals surface area contributed by atoms with Crippen LogP contribution in [0.3, 0.4) is 0 Å². The van der Waals surface area contributed by atoms with Gasteiger partial charge in [-0.2, -0.15) is 0 Å². The fourth-order valence-corrected chi connectivity index (χ4v) is 2.63. The lowest BCUT2D eigenvalue weighted by Crippen LogP contribution is -2.47. The van der Waals surface area contributed by atoms with Crippen molar-refractivity contribution in [3.63, 3.8) is 0 Å². The van der Waals surface area contributed by atoms with Crippen LogP contribution in [0.4, 0.5) is 17.3 Å². The van der Waals surface area contributed by atoms with E-state index in [0.717, 1.165) is 0 Å². The molecule has 1 aliphatic heterocycles. The first-order chi connectivity index (χ1) is 12.5. The van der Waals surface area contributed by atoms with Crippen LogP contribution in [0.2, 0.25) is 0 Å². The lowest BCUT2D eigenvalue weighted by molar-refractivity contribution is -0.389. The standard InChI is InChI=1S/C17H18N4O5/c1-2-13-17(22)20(8-9-25-12-5-3-4-11(18)10-12)16-14(26-13)6-7-15(19-16)21(23)24/h3-7,10,13H,2,8-9,18H2,1H3. The van der Waals surface area contributed by atoms with Crippen molar-refractivity contribution in [2.75, 3.05) is 23.8 Å². The summed E-state index contributed by atoms with van der Waals surface area (Å²) in [5.41, 5.74) is 6.27. The molecule has 1 amide bonds. The van der Waals surface area contributed by atoms with Crippen LogP contribution in [-0.2, 0) is 4.79 Å². The van der Waals surface area contributed by atoms with E-state index in [2.05, 4.69) is 4.98 Å². The molecule has 26 heavy (non-hydrogen) atoms. The van der Waals surface area contributed by atoms with Gasteiger partial charge in [0.05, 0.1) is 6.54 Å². The number of carbonyl (C=O) groups excluding carboxylic acids is 1. The number of ether oxygens (including phenoxy) is 2. The van der Waals surface area contributed by atoms with Crippen LogP contribution in [-0.4, -0.2) is 35.1 Å². The predicted octanol–water partition coefficient (Wildman–Crippen LogP) is 2.15. The van der Waals surface area contributed by atoms with Gasteiger partial charge in [-0.25, -0.2) is 0 Å². The Morgan fingerprint density at radius 2 is 2.19 bits per heavy atom. The molecule has 1 aromatic carbocycles. The van der Waals surface area contributed by atoms with E-state index in [1.54, 1.807) is 24.3 Å². The molecule has 1 aromatic heterocycles. The van der Waals surface area contributed by atoms with Gasteiger partial charge in [-0.3, -0.25) is 9.69 Å². The van der Waals surface area contributed by atoms with Crippen molar-refractivity contribution in [3.8, 4) is 11.5 Å². The van der Waals surface area contributed by atoms with E-state index in [1.807, 2.05) is 6.92 Å². The summed E-state index contributed by atoms with van der Waals surface area (Å²) in [7, 11) is 0. The Kier molecular flexibility index (Phi) is 4.87. The fraction of sp³-hybridized carbons (Fsp3) is 0.294. The highest BCUT2D eigenvalue weighted by atomic mass is 16.6. The first-order valence-corrected chi connectivity index (χ1v) is 8.11. The van der Waals surface area contributed by atoms with Gasteiger partial charge >= 0.3 is 5.82 Å². The largest absolute Gasteiger partial charge is 0.492 e. The molecule has 136 valence electrons. The lowest BCUT2D eigenvalue weighted by atomic mass is 10.2. The van der Waals surface area contributed by atoms with E-state index >= 15 is 0 Å². The Morgan fingerprint density at radius 3 is 2.88 bits per heavy atom. The average molecular weight is 358 g/mol. The summed E-state index contributed by atoms with van der Waals surface area (Å²) in [4.78, 5) is 28.3. The molecular weight excluding hydrogens is 340 g/mol. The summed E-state index contributed by atoms with van der Waals surface area (Å²) in [6, 6.07) is 9.64. The number of pyridine rings is 1. The van der Waals surface area contributed by atoms with Crippen LogP contribution >= 0.6 is 0 Å². The topological polar surface area (TPSA) is 121 Å². The predicted molar refractivity (Wildman–Crippen MR) is 94.3 cm³/mol. The van der Waals surface area contributed by atoms with Gasteiger partial charge in [0.1, 0.15) is 12.4 Å². The first kappa shape index (κ1) is 17.5. The number of hydrogen-bond donors (Lipinski definition) is 1. The minimum absolute atomic E-state index is 0.130. The highest BCUT2D eigenvalue weighted by Crippen LogP contribution is 2.34. The molecule has 0 saturated heterocycles. The quantitative estimate of drug-likeness (QED) is 0.477. The van der Waals surface area contributed by atoms with Gasteiger partial charge in [0.2, 0.25) is 0 Å². The summed E-state index contributed by atoms with van der Waals surface area (Å²) in [5.74, 6) is 0.391. The van der Waals surface area contributed by atoms with Crippen molar-refractivity contribution in [1.29, 1.82) is 0 Å². The molecule has 0 aliphatic carbocycles. The maximum absolute atomic E-state index is 12.6. The van der Waals surface area contributed by atoms with E-state index in [-0.39, 0.29) is 30.7 Å². The third-order valence-electron chi connectivity index (χ3n) is 3.89. The van der Waals surface area contributed by atoms with Gasteiger partial charge in [0, 0.05) is 17.8 Å². The molecule has 0 bridgehead atoms. The summed E-state index contributed by atoms with van der Waals surface area (Å²) in [6.07, 6.45) is -0.180. The molecule has 1 atom stereocenters. The molecule has 9 heteroatoms. The molecule has 0 spiro atoms. The summed E-state index contributed by atoms with van der Waals surface area (Å²) < 4.78 is 11.2. The molecule has 9 nitrogen and oxygen atoms in total. The van der Waals surface area contributed by atoms with Crippen molar-refractivity contribution in [3.05, 3.63) is 46.5 Å². The third-order valence-corrected chi connectivity index (χ3v) is 3.89. The number of amides is 1. The number of anilines is 2. The maximum atomic E-state index is 12.6. The number of fused-ring (bicyclic) bond motifs is 1.